The number of aliphatic hydroxyl groups is 1. The maximum Gasteiger partial charge on any atom is 0.312 e. The van der Waals surface area contributed by atoms with Gasteiger partial charge in [-0.15, -0.1) is 6.58 Å². The van der Waals surface area contributed by atoms with Gasteiger partial charge in [-0.25, -0.2) is 0 Å². The van der Waals surface area contributed by atoms with Crippen LogP contribution < -0.4 is 4.90 Å². The zero-order valence-corrected chi connectivity index (χ0v) is 24.2. The Bertz CT molecular complexity index is 1120. The van der Waals surface area contributed by atoms with Gasteiger partial charge >= 0.3 is 5.97 Å². The molecule has 4 rings (SSSR count). The average Bonchev–Trinajstić information content (AvgIpc) is 3.45. The van der Waals surface area contributed by atoms with Crippen LogP contribution in [0.15, 0.2) is 43.5 Å². The fourth-order valence-corrected chi connectivity index (χ4v) is 7.63. The number of nitrogens with zero attached hydrogens (tertiary/aromatic N) is 2. The number of esters is 1. The zero-order valence-electron chi connectivity index (χ0n) is 21.8. The molecule has 2 amide bonds. The van der Waals surface area contributed by atoms with Gasteiger partial charge in [0.15, 0.2) is 0 Å². The van der Waals surface area contributed by atoms with E-state index in [9.17, 15) is 19.5 Å². The molecular weight excluding hydrogens is 576 g/mol. The Labute approximate surface area is 236 Å². The third kappa shape index (κ3) is 4.41. The van der Waals surface area contributed by atoms with Crippen molar-refractivity contribution in [3.63, 3.8) is 0 Å². The molecule has 206 valence electrons. The summed E-state index contributed by atoms with van der Waals surface area (Å²) in [7, 11) is 0. The molecule has 38 heavy (non-hydrogen) atoms. The number of likely N-dealkylation sites (tertiary alicyclic amines) is 1. The summed E-state index contributed by atoms with van der Waals surface area (Å²) in [6.07, 6.45) is 2.76. The molecule has 0 saturated carbocycles. The van der Waals surface area contributed by atoms with Crippen LogP contribution in [-0.2, 0) is 23.9 Å². The summed E-state index contributed by atoms with van der Waals surface area (Å²) in [5, 5.41) is 10.8. The normalized spacial score (nSPS) is 30.3. The smallest absolute Gasteiger partial charge is 0.312 e. The minimum atomic E-state index is -1.29. The summed E-state index contributed by atoms with van der Waals surface area (Å²) in [5.41, 5.74) is 0.00393. The second-order valence-electron chi connectivity index (χ2n) is 10.5. The van der Waals surface area contributed by atoms with Gasteiger partial charge in [-0.1, -0.05) is 72.2 Å². The lowest BCUT2D eigenvalue weighted by molar-refractivity contribution is -0.155. The number of carbonyl (C=O) groups is 3. The molecule has 1 aromatic rings. The molecule has 3 fully saturated rings. The third-order valence-corrected chi connectivity index (χ3v) is 9.08. The number of ether oxygens (including phenoxy) is 2. The molecule has 10 heteroatoms. The maximum absolute atomic E-state index is 14.6. The molecule has 3 aliphatic heterocycles. The van der Waals surface area contributed by atoms with Gasteiger partial charge in [-0.3, -0.25) is 14.4 Å². The van der Waals surface area contributed by atoms with Crippen LogP contribution >= 0.6 is 27.5 Å². The van der Waals surface area contributed by atoms with Gasteiger partial charge in [0, 0.05) is 11.4 Å². The molecule has 0 aromatic heterocycles. The number of alkyl halides is 1. The Morgan fingerprint density at radius 3 is 2.66 bits per heavy atom. The van der Waals surface area contributed by atoms with Crippen molar-refractivity contribution < 1.29 is 29.0 Å². The Balaban J connectivity index is 1.88. The lowest BCUT2D eigenvalue weighted by Crippen LogP contribution is -2.60. The number of aliphatic hydroxyl groups excluding tert-OH is 1. The SMILES string of the molecule is C=CCOC(=O)[C@H]1[C@H]2C(=O)N([C@@H](CO)C(C)C)C(C(=O)N(CC=C)c3c(C)cccc3Cl)C23CC(Br)[C@@H]1O3. The number of fused-ring (bicyclic) bond motifs is 1. The first-order valence-electron chi connectivity index (χ1n) is 12.8. The molecule has 7 atom stereocenters. The predicted octanol–water partition coefficient (Wildman–Crippen LogP) is 3.66. The van der Waals surface area contributed by atoms with E-state index < -0.39 is 53.4 Å². The summed E-state index contributed by atoms with van der Waals surface area (Å²) in [6, 6.07) is 3.59. The van der Waals surface area contributed by atoms with Crippen LogP contribution in [0.25, 0.3) is 0 Å². The van der Waals surface area contributed by atoms with Crippen LogP contribution in [0, 0.1) is 24.7 Å². The number of aryl methyl sites for hydroxylation is 1. The zero-order chi connectivity index (χ0) is 27.9. The van der Waals surface area contributed by atoms with Crippen molar-refractivity contribution in [2.45, 2.75) is 55.8 Å². The van der Waals surface area contributed by atoms with E-state index >= 15 is 0 Å². The van der Waals surface area contributed by atoms with Crippen LogP contribution in [0.5, 0.6) is 0 Å². The topological polar surface area (TPSA) is 96.4 Å². The summed E-state index contributed by atoms with van der Waals surface area (Å²) in [4.78, 5) is 44.8. The first-order valence-corrected chi connectivity index (χ1v) is 14.0. The highest BCUT2D eigenvalue weighted by Gasteiger charge is 2.77. The van der Waals surface area contributed by atoms with Crippen molar-refractivity contribution in [2.24, 2.45) is 17.8 Å². The van der Waals surface area contributed by atoms with Crippen molar-refractivity contribution in [2.75, 3.05) is 24.7 Å². The van der Waals surface area contributed by atoms with Crippen LogP contribution in [0.4, 0.5) is 5.69 Å². The summed E-state index contributed by atoms with van der Waals surface area (Å²) in [6.45, 7) is 12.8. The molecule has 1 N–H and O–H groups in total. The number of anilines is 1. The second kappa shape index (κ2) is 11.1. The van der Waals surface area contributed by atoms with E-state index in [0.717, 1.165) is 5.56 Å². The molecule has 0 aliphatic carbocycles. The lowest BCUT2D eigenvalue weighted by Gasteiger charge is -2.40. The van der Waals surface area contributed by atoms with Crippen molar-refractivity contribution >= 4 is 51.0 Å². The van der Waals surface area contributed by atoms with Crippen molar-refractivity contribution in [3.05, 3.63) is 54.1 Å². The average molecular weight is 610 g/mol. The Hall–Kier alpha value is -2.20. The number of halogens is 2. The third-order valence-electron chi connectivity index (χ3n) is 7.93. The molecule has 3 heterocycles. The van der Waals surface area contributed by atoms with Gasteiger partial charge < -0.3 is 24.4 Å². The van der Waals surface area contributed by atoms with E-state index in [4.69, 9.17) is 21.1 Å². The first-order chi connectivity index (χ1) is 18.0. The number of para-hydroxylation sites is 1. The monoisotopic (exact) mass is 608 g/mol. The maximum atomic E-state index is 14.6. The highest BCUT2D eigenvalue weighted by atomic mass is 79.9. The first kappa shape index (κ1) is 28.8. The fourth-order valence-electron chi connectivity index (χ4n) is 6.36. The quantitative estimate of drug-likeness (QED) is 0.247. The van der Waals surface area contributed by atoms with Gasteiger partial charge in [0.2, 0.25) is 5.91 Å². The van der Waals surface area contributed by atoms with E-state index in [1.165, 1.54) is 15.9 Å². The number of amides is 2. The van der Waals surface area contributed by atoms with E-state index in [1.54, 1.807) is 18.2 Å². The van der Waals surface area contributed by atoms with Gasteiger partial charge in [0.25, 0.3) is 5.91 Å². The molecule has 1 aromatic carbocycles. The number of hydrogen-bond acceptors (Lipinski definition) is 6. The Morgan fingerprint density at radius 1 is 1.37 bits per heavy atom. The molecule has 1 spiro atoms. The second-order valence-corrected chi connectivity index (χ2v) is 12.0. The predicted molar refractivity (Wildman–Crippen MR) is 148 cm³/mol. The highest BCUT2D eigenvalue weighted by Crippen LogP contribution is 2.61. The molecule has 2 bridgehead atoms. The van der Waals surface area contributed by atoms with Gasteiger partial charge in [0.05, 0.1) is 41.3 Å². The van der Waals surface area contributed by atoms with Crippen LogP contribution in [0.3, 0.4) is 0 Å². The molecule has 8 nitrogen and oxygen atoms in total. The van der Waals surface area contributed by atoms with Gasteiger partial charge in [0.1, 0.15) is 18.2 Å². The molecule has 3 aliphatic rings. The van der Waals surface area contributed by atoms with Crippen molar-refractivity contribution in [1.82, 2.24) is 4.90 Å². The fraction of sp³-hybridized carbons (Fsp3) is 0.536. The number of benzene rings is 1. The standard InChI is InChI=1S/C28H34BrClN2O6/c1-6-11-31(22-16(5)9-8-10-18(22)30)26(35)24-28-13-17(29)23(38-28)20(27(36)37-12-7-2)21(28)25(34)32(24)19(14-33)15(3)4/h6-10,15,17,19-21,23-24,33H,1-2,11-14H2,3-5H3/t17?,19-,20-,21-,23-,24?,28?/m0/s1. The van der Waals surface area contributed by atoms with Crippen LogP contribution in [0.2, 0.25) is 5.02 Å². The minimum absolute atomic E-state index is 0.000849. The largest absolute Gasteiger partial charge is 0.461 e. The van der Waals surface area contributed by atoms with Gasteiger partial charge in [-0.05, 0) is 30.9 Å². The summed E-state index contributed by atoms with van der Waals surface area (Å²) >= 11 is 10.2. The van der Waals surface area contributed by atoms with E-state index in [2.05, 4.69) is 29.1 Å². The van der Waals surface area contributed by atoms with Gasteiger partial charge in [-0.2, -0.15) is 0 Å². The minimum Gasteiger partial charge on any atom is -0.461 e. The molecular formula is C28H34BrClN2O6. The Morgan fingerprint density at radius 2 is 2.08 bits per heavy atom. The lowest BCUT2D eigenvalue weighted by atomic mass is 9.70. The van der Waals surface area contributed by atoms with Crippen LogP contribution in [0.1, 0.15) is 25.8 Å². The van der Waals surface area contributed by atoms with E-state index in [1.807, 2.05) is 26.8 Å². The van der Waals surface area contributed by atoms with Crippen LogP contribution in [-0.4, -0.2) is 76.2 Å². The number of carbonyl (C=O) groups excluding carboxylic acids is 3. The molecule has 3 unspecified atom stereocenters. The van der Waals surface area contributed by atoms with E-state index in [-0.39, 0.29) is 30.5 Å². The summed E-state index contributed by atoms with van der Waals surface area (Å²) < 4.78 is 11.9. The van der Waals surface area contributed by atoms with Crippen molar-refractivity contribution in [3.8, 4) is 0 Å². The van der Waals surface area contributed by atoms with E-state index in [0.29, 0.717) is 17.1 Å². The summed E-state index contributed by atoms with van der Waals surface area (Å²) in [5.74, 6) is -3.38. The van der Waals surface area contributed by atoms with Crippen molar-refractivity contribution in [1.29, 1.82) is 0 Å². The molecule has 0 radical (unpaired) electrons. The highest BCUT2D eigenvalue weighted by molar-refractivity contribution is 9.09. The number of hydrogen-bond donors (Lipinski definition) is 1. The Kier molecular flexibility index (Phi) is 8.43. The molecule has 3 saturated heterocycles. The number of rotatable bonds is 10.